The molecule has 5 nitrogen and oxygen atoms in total. The summed E-state index contributed by atoms with van der Waals surface area (Å²) in [6.45, 7) is 3.38. The second kappa shape index (κ2) is 8.09. The molecule has 2 N–H and O–H groups in total. The van der Waals surface area contributed by atoms with Gasteiger partial charge in [0.05, 0.1) is 28.7 Å². The van der Waals surface area contributed by atoms with E-state index in [0.717, 1.165) is 38.1 Å². The van der Waals surface area contributed by atoms with Gasteiger partial charge in [-0.15, -0.1) is 12.4 Å². The van der Waals surface area contributed by atoms with Gasteiger partial charge in [-0.05, 0) is 51.1 Å². The summed E-state index contributed by atoms with van der Waals surface area (Å²) in [7, 11) is 0. The average molecular weight is 389 g/mol. The normalized spacial score (nSPS) is 15.4. The lowest BCUT2D eigenvalue weighted by Crippen LogP contribution is -2.42. The highest BCUT2D eigenvalue weighted by molar-refractivity contribution is 5.95. The van der Waals surface area contributed by atoms with E-state index in [0.29, 0.717) is 11.3 Å². The third-order valence-corrected chi connectivity index (χ3v) is 4.35. The van der Waals surface area contributed by atoms with Crippen molar-refractivity contribution in [2.24, 2.45) is 0 Å². The van der Waals surface area contributed by atoms with Crippen molar-refractivity contribution in [3.8, 4) is 5.69 Å². The summed E-state index contributed by atoms with van der Waals surface area (Å²) >= 11 is 0. The Labute approximate surface area is 155 Å². The number of nitrogens with one attached hydrogen (secondary N) is 2. The van der Waals surface area contributed by atoms with Crippen LogP contribution >= 0.6 is 12.4 Å². The van der Waals surface area contributed by atoms with Gasteiger partial charge in [0.25, 0.3) is 5.91 Å². The van der Waals surface area contributed by atoms with Crippen LogP contribution in [-0.2, 0) is 6.18 Å². The predicted molar refractivity (Wildman–Crippen MR) is 93.9 cm³/mol. The Morgan fingerprint density at radius 1 is 1.31 bits per heavy atom. The van der Waals surface area contributed by atoms with E-state index in [9.17, 15) is 18.0 Å². The number of benzene rings is 1. The van der Waals surface area contributed by atoms with Crippen LogP contribution in [0.1, 0.15) is 34.5 Å². The Morgan fingerprint density at radius 2 is 2.00 bits per heavy atom. The lowest BCUT2D eigenvalue weighted by molar-refractivity contribution is -0.137. The largest absolute Gasteiger partial charge is 0.416 e. The molecule has 0 unspecified atom stereocenters. The van der Waals surface area contributed by atoms with Gasteiger partial charge < -0.3 is 10.6 Å². The second-order valence-electron chi connectivity index (χ2n) is 6.10. The van der Waals surface area contributed by atoms with Crippen molar-refractivity contribution >= 4 is 18.3 Å². The van der Waals surface area contributed by atoms with Crippen LogP contribution in [0.5, 0.6) is 0 Å². The topological polar surface area (TPSA) is 59.0 Å². The minimum atomic E-state index is -4.42. The molecule has 0 bridgehead atoms. The molecule has 1 aromatic heterocycles. The molecule has 2 heterocycles. The third-order valence-electron chi connectivity index (χ3n) is 4.35. The van der Waals surface area contributed by atoms with Crippen LogP contribution in [0.15, 0.2) is 30.5 Å². The molecule has 26 heavy (non-hydrogen) atoms. The maximum atomic E-state index is 12.9. The van der Waals surface area contributed by atoms with Crippen molar-refractivity contribution in [3.63, 3.8) is 0 Å². The molecule has 0 atom stereocenters. The van der Waals surface area contributed by atoms with Crippen LogP contribution in [0.4, 0.5) is 13.2 Å². The summed E-state index contributed by atoms with van der Waals surface area (Å²) in [5.74, 6) is -0.248. The summed E-state index contributed by atoms with van der Waals surface area (Å²) < 4.78 is 40.0. The molecule has 0 aliphatic carbocycles. The van der Waals surface area contributed by atoms with Crippen molar-refractivity contribution in [2.75, 3.05) is 13.1 Å². The highest BCUT2D eigenvalue weighted by Crippen LogP contribution is 2.30. The van der Waals surface area contributed by atoms with Crippen LogP contribution < -0.4 is 10.6 Å². The fourth-order valence-corrected chi connectivity index (χ4v) is 2.94. The van der Waals surface area contributed by atoms with E-state index in [2.05, 4.69) is 15.7 Å². The summed E-state index contributed by atoms with van der Waals surface area (Å²) in [6.07, 6.45) is -1.32. The smallest absolute Gasteiger partial charge is 0.349 e. The van der Waals surface area contributed by atoms with E-state index in [1.807, 2.05) is 0 Å². The van der Waals surface area contributed by atoms with Crippen LogP contribution in [0, 0.1) is 6.92 Å². The van der Waals surface area contributed by atoms with Gasteiger partial charge in [-0.25, -0.2) is 4.68 Å². The van der Waals surface area contributed by atoms with E-state index >= 15 is 0 Å². The molecule has 0 spiro atoms. The number of halogens is 4. The summed E-state index contributed by atoms with van der Waals surface area (Å²) in [6, 6.07) is 4.99. The van der Waals surface area contributed by atoms with Gasteiger partial charge in [0.1, 0.15) is 0 Å². The zero-order chi connectivity index (χ0) is 18.0. The highest BCUT2D eigenvalue weighted by Gasteiger charge is 2.30. The molecule has 1 saturated heterocycles. The van der Waals surface area contributed by atoms with Gasteiger partial charge in [-0.2, -0.15) is 18.3 Å². The standard InChI is InChI=1S/C17H19F3N4O.ClH/c1-11-15(16(25)23-13-5-7-21-8-6-13)10-22-24(11)14-4-2-3-12(9-14)17(18,19)20;/h2-4,9-10,13,21H,5-8H2,1H3,(H,23,25);1H. The number of amides is 1. The maximum absolute atomic E-state index is 12.9. The van der Waals surface area contributed by atoms with Crippen molar-refractivity contribution in [2.45, 2.75) is 32.0 Å². The number of piperidine rings is 1. The van der Waals surface area contributed by atoms with Crippen molar-refractivity contribution < 1.29 is 18.0 Å². The van der Waals surface area contributed by atoms with Crippen molar-refractivity contribution in [1.29, 1.82) is 0 Å². The van der Waals surface area contributed by atoms with Gasteiger partial charge in [0, 0.05) is 6.04 Å². The fourth-order valence-electron chi connectivity index (χ4n) is 2.94. The molecule has 2 aromatic rings. The number of nitrogens with zero attached hydrogens (tertiary/aromatic N) is 2. The van der Waals surface area contributed by atoms with E-state index in [-0.39, 0.29) is 30.0 Å². The average Bonchev–Trinajstić information content (AvgIpc) is 2.97. The molecular weight excluding hydrogens is 369 g/mol. The lowest BCUT2D eigenvalue weighted by Gasteiger charge is -2.23. The Hall–Kier alpha value is -2.06. The number of carbonyl (C=O) groups excluding carboxylic acids is 1. The van der Waals surface area contributed by atoms with Crippen LogP contribution in [0.25, 0.3) is 5.69 Å². The monoisotopic (exact) mass is 388 g/mol. The fraction of sp³-hybridized carbons (Fsp3) is 0.412. The molecule has 1 aliphatic heterocycles. The Morgan fingerprint density at radius 3 is 2.65 bits per heavy atom. The number of alkyl halides is 3. The second-order valence-corrected chi connectivity index (χ2v) is 6.10. The Bertz CT molecular complexity index is 770. The zero-order valence-electron chi connectivity index (χ0n) is 14.1. The molecule has 1 fully saturated rings. The first kappa shape index (κ1) is 20.3. The molecular formula is C17H20ClF3N4O. The summed E-state index contributed by atoms with van der Waals surface area (Å²) in [5.41, 5.74) is 0.399. The van der Waals surface area contributed by atoms with E-state index < -0.39 is 11.7 Å². The van der Waals surface area contributed by atoms with Crippen LogP contribution in [-0.4, -0.2) is 34.8 Å². The quantitative estimate of drug-likeness (QED) is 0.849. The molecule has 3 rings (SSSR count). The SMILES string of the molecule is Cc1c(C(=O)NC2CCNCC2)cnn1-c1cccc(C(F)(F)F)c1.Cl. The highest BCUT2D eigenvalue weighted by atomic mass is 35.5. The number of hydrogen-bond donors (Lipinski definition) is 2. The van der Waals surface area contributed by atoms with Crippen molar-refractivity contribution in [3.05, 3.63) is 47.3 Å². The van der Waals surface area contributed by atoms with Crippen LogP contribution in [0.3, 0.4) is 0 Å². The van der Waals surface area contributed by atoms with Gasteiger partial charge in [-0.3, -0.25) is 4.79 Å². The molecule has 1 aromatic carbocycles. The molecule has 1 aliphatic rings. The van der Waals surface area contributed by atoms with E-state index in [1.54, 1.807) is 6.92 Å². The molecule has 9 heteroatoms. The number of carbonyl (C=O) groups is 1. The van der Waals surface area contributed by atoms with Gasteiger partial charge >= 0.3 is 6.18 Å². The molecule has 1 amide bonds. The Balaban J connectivity index is 0.00000243. The van der Waals surface area contributed by atoms with E-state index in [1.165, 1.54) is 23.0 Å². The first-order valence-electron chi connectivity index (χ1n) is 8.10. The van der Waals surface area contributed by atoms with Gasteiger partial charge in [0.2, 0.25) is 0 Å². The predicted octanol–water partition coefficient (Wildman–Crippen LogP) is 3.10. The lowest BCUT2D eigenvalue weighted by atomic mass is 10.1. The molecule has 0 radical (unpaired) electrons. The van der Waals surface area contributed by atoms with E-state index in [4.69, 9.17) is 0 Å². The third kappa shape index (κ3) is 4.37. The van der Waals surface area contributed by atoms with Crippen LogP contribution in [0.2, 0.25) is 0 Å². The molecule has 142 valence electrons. The number of aromatic nitrogens is 2. The first-order chi connectivity index (χ1) is 11.9. The van der Waals surface area contributed by atoms with Crippen molar-refractivity contribution in [1.82, 2.24) is 20.4 Å². The summed E-state index contributed by atoms with van der Waals surface area (Å²) in [4.78, 5) is 12.4. The Kier molecular flexibility index (Phi) is 6.30. The summed E-state index contributed by atoms with van der Waals surface area (Å²) in [5, 5.41) is 10.3. The van der Waals surface area contributed by atoms with Gasteiger partial charge in [-0.1, -0.05) is 6.07 Å². The zero-order valence-corrected chi connectivity index (χ0v) is 15.0. The number of hydrogen-bond acceptors (Lipinski definition) is 3. The number of rotatable bonds is 3. The molecule has 0 saturated carbocycles. The van der Waals surface area contributed by atoms with Gasteiger partial charge in [0.15, 0.2) is 0 Å². The minimum Gasteiger partial charge on any atom is -0.349 e. The minimum absolute atomic E-state index is 0. The maximum Gasteiger partial charge on any atom is 0.416 e. The first-order valence-corrected chi connectivity index (χ1v) is 8.10.